The Kier molecular flexibility index (Phi) is 11.1. The first-order chi connectivity index (χ1) is 31.0. The molecule has 0 saturated carbocycles. The second-order valence-corrected chi connectivity index (χ2v) is 20.6. The minimum absolute atomic E-state index is 0.0276. The molecule has 0 saturated heterocycles. The summed E-state index contributed by atoms with van der Waals surface area (Å²) in [5, 5.41) is 0. The van der Waals surface area contributed by atoms with E-state index in [-0.39, 0.29) is 22.0 Å². The Morgan fingerprint density at radius 2 is 0.662 bits per heavy atom. The van der Waals surface area contributed by atoms with Crippen LogP contribution >= 0.6 is 0 Å². The molecular weight excluding hydrogens is 791 g/mol. The van der Waals surface area contributed by atoms with Gasteiger partial charge < -0.3 is 15.0 Å². The zero-order valence-corrected chi connectivity index (χ0v) is 39.2. The van der Waals surface area contributed by atoms with Gasteiger partial charge in [0.15, 0.2) is 0 Å². The van der Waals surface area contributed by atoms with Gasteiger partial charge in [0, 0.05) is 34.4 Å². The Bertz CT molecular complexity index is 3080. The quantitative estimate of drug-likeness (QED) is 0.124. The first kappa shape index (κ1) is 43.1. The van der Waals surface area contributed by atoms with Gasteiger partial charge in [-0.3, -0.25) is 4.79 Å². The lowest BCUT2D eigenvalue weighted by molar-refractivity contribution is 0.103. The van der Waals surface area contributed by atoms with Gasteiger partial charge in [-0.15, -0.1) is 0 Å². The van der Waals surface area contributed by atoms with Gasteiger partial charge in [0.2, 0.25) is 5.78 Å². The fraction of sp³-hybridized carbons (Fsp3) is 0.197. The van der Waals surface area contributed by atoms with Crippen LogP contribution < -0.4 is 0 Å². The van der Waals surface area contributed by atoms with E-state index in [4.69, 9.17) is 0 Å². The second-order valence-electron chi connectivity index (χ2n) is 20.6. The normalized spacial score (nSPS) is 12.1. The van der Waals surface area contributed by atoms with E-state index in [1.807, 2.05) is 18.2 Å². The van der Waals surface area contributed by atoms with E-state index in [9.17, 15) is 0 Å². The minimum atomic E-state index is -0.0940. The summed E-state index contributed by atoms with van der Waals surface area (Å²) in [6.07, 6.45) is 2.08. The number of carbonyl (C=O) groups excluding carboxylic acids is 1. The van der Waals surface area contributed by atoms with Crippen LogP contribution in [0.15, 0.2) is 176 Å². The third kappa shape index (κ3) is 8.99. The number of hydrogen-bond donors (Lipinski definition) is 3. The van der Waals surface area contributed by atoms with E-state index in [1.165, 1.54) is 22.3 Å². The molecule has 324 valence electrons. The third-order valence-electron chi connectivity index (χ3n) is 12.8. The molecule has 65 heavy (non-hydrogen) atoms. The van der Waals surface area contributed by atoms with Crippen molar-refractivity contribution >= 4 is 5.78 Å². The van der Waals surface area contributed by atoms with Crippen molar-refractivity contribution in [2.45, 2.75) is 78.6 Å². The minimum Gasteiger partial charge on any atom is -0.361 e. The van der Waals surface area contributed by atoms with Crippen molar-refractivity contribution in [3.8, 4) is 78.3 Å². The maximum Gasteiger partial charge on any atom is 0.226 e. The average molecular weight is 850 g/mol. The summed E-state index contributed by atoms with van der Waals surface area (Å²) < 4.78 is 0. The molecule has 9 rings (SSSR count). The average Bonchev–Trinajstić information content (AvgIpc) is 4.09. The molecule has 3 N–H and O–H groups in total. The number of benzene rings is 6. The molecule has 0 radical (unpaired) electrons. The van der Waals surface area contributed by atoms with Crippen LogP contribution in [0.2, 0.25) is 0 Å². The molecule has 0 unspecified atom stereocenters. The summed E-state index contributed by atoms with van der Waals surface area (Å²) in [6, 6.07) is 60.2. The van der Waals surface area contributed by atoms with Crippen molar-refractivity contribution in [1.29, 1.82) is 0 Å². The highest BCUT2D eigenvalue weighted by Gasteiger charge is 2.26. The van der Waals surface area contributed by atoms with Gasteiger partial charge in [0.25, 0.3) is 0 Å². The Morgan fingerprint density at radius 3 is 1.05 bits per heavy atom. The highest BCUT2D eigenvalue weighted by molar-refractivity contribution is 6.15. The van der Waals surface area contributed by atoms with Crippen molar-refractivity contribution in [1.82, 2.24) is 15.0 Å². The molecule has 4 nitrogen and oxygen atoms in total. The van der Waals surface area contributed by atoms with E-state index < -0.39 is 0 Å². The van der Waals surface area contributed by atoms with Crippen LogP contribution in [-0.4, -0.2) is 20.7 Å². The molecule has 0 bridgehead atoms. The Balaban J connectivity index is 1.05. The second kappa shape index (κ2) is 16.8. The number of carbonyl (C=O) groups is 1. The molecule has 3 heterocycles. The zero-order valence-electron chi connectivity index (χ0n) is 39.2. The van der Waals surface area contributed by atoms with E-state index in [0.717, 1.165) is 72.7 Å². The van der Waals surface area contributed by atoms with Crippen LogP contribution in [0.1, 0.15) is 95.2 Å². The number of nitrogens with one attached hydrogen (secondary N) is 3. The highest BCUT2D eigenvalue weighted by atomic mass is 16.1. The van der Waals surface area contributed by atoms with Crippen molar-refractivity contribution in [2.24, 2.45) is 0 Å². The van der Waals surface area contributed by atoms with Crippen LogP contribution in [0.3, 0.4) is 0 Å². The lowest BCUT2D eigenvalue weighted by atomic mass is 9.86. The van der Waals surface area contributed by atoms with Crippen molar-refractivity contribution < 1.29 is 4.79 Å². The largest absolute Gasteiger partial charge is 0.361 e. The van der Waals surface area contributed by atoms with Gasteiger partial charge in [0.05, 0.1) is 11.4 Å². The molecule has 4 heteroatoms. The van der Waals surface area contributed by atoms with Crippen molar-refractivity contribution in [3.63, 3.8) is 0 Å². The van der Waals surface area contributed by atoms with Crippen molar-refractivity contribution in [2.75, 3.05) is 0 Å². The van der Waals surface area contributed by atoms with E-state index in [1.54, 1.807) is 0 Å². The van der Waals surface area contributed by atoms with Crippen LogP contribution in [0, 0.1) is 0 Å². The summed E-state index contributed by atoms with van der Waals surface area (Å²) in [5.41, 5.74) is 19.5. The van der Waals surface area contributed by atoms with Gasteiger partial charge >= 0.3 is 0 Å². The van der Waals surface area contributed by atoms with Crippen LogP contribution in [0.5, 0.6) is 0 Å². The number of H-pyrrole nitrogens is 3. The fourth-order valence-corrected chi connectivity index (χ4v) is 8.65. The van der Waals surface area contributed by atoms with E-state index in [0.29, 0.717) is 11.4 Å². The molecule has 6 aromatic carbocycles. The van der Waals surface area contributed by atoms with E-state index >= 15 is 4.79 Å². The van der Waals surface area contributed by atoms with Gasteiger partial charge in [-0.25, -0.2) is 0 Å². The van der Waals surface area contributed by atoms with E-state index in [2.05, 4.69) is 235 Å². The molecule has 0 aliphatic carbocycles. The summed E-state index contributed by atoms with van der Waals surface area (Å²) in [7, 11) is 0. The first-order valence-corrected chi connectivity index (χ1v) is 22.8. The van der Waals surface area contributed by atoms with Crippen LogP contribution in [0.4, 0.5) is 0 Å². The predicted molar refractivity (Wildman–Crippen MR) is 274 cm³/mol. The zero-order chi connectivity index (χ0) is 45.7. The topological polar surface area (TPSA) is 64.4 Å². The third-order valence-corrected chi connectivity index (χ3v) is 12.8. The maximum atomic E-state index is 15.2. The molecule has 0 spiro atoms. The van der Waals surface area contributed by atoms with Gasteiger partial charge in [0.1, 0.15) is 0 Å². The molecule has 0 aliphatic heterocycles. The fourth-order valence-electron chi connectivity index (χ4n) is 8.65. The van der Waals surface area contributed by atoms with Crippen LogP contribution in [-0.2, 0) is 16.2 Å². The Morgan fingerprint density at radius 1 is 0.338 bits per heavy atom. The lowest BCUT2D eigenvalue weighted by Gasteiger charge is -2.19. The molecule has 0 atom stereocenters. The smallest absolute Gasteiger partial charge is 0.226 e. The van der Waals surface area contributed by atoms with Crippen molar-refractivity contribution in [3.05, 3.63) is 204 Å². The molecule has 9 aromatic rings. The molecule has 3 aromatic heterocycles. The van der Waals surface area contributed by atoms with Gasteiger partial charge in [-0.1, -0.05) is 214 Å². The maximum absolute atomic E-state index is 15.2. The first-order valence-electron chi connectivity index (χ1n) is 22.8. The van der Waals surface area contributed by atoms with Crippen LogP contribution in [0.25, 0.3) is 78.3 Å². The summed E-state index contributed by atoms with van der Waals surface area (Å²) >= 11 is 0. The predicted octanol–water partition coefficient (Wildman–Crippen LogP) is 16.5. The molecule has 0 fully saturated rings. The molecule has 0 amide bonds. The summed E-state index contributed by atoms with van der Waals surface area (Å²) in [5.74, 6) is -0.0940. The number of ketones is 1. The SMILES string of the molecule is CC(C)(C)c1ccc(-c2cc(-c3ccc(-c4ccc(-c5cc(-c6ccc(C(C)(C)C)cc6)[nH]c5C(=O)c5[nH]c(-c6ccc(C(C)(C)C)cc6)cc5-c5ccccc5)cc4)cc3)c[nH]2)cc1. The standard InChI is InChI=1S/C61H59N3O/c1-59(2,3)48-29-23-44(24-30-48)53-35-47(38-62-53)41-17-15-39(16-18-41)40-19-21-43(22-20-40)52-37-55(46-27-33-50(34-28-46)61(7,8)9)64-57(52)58(65)56-51(42-13-11-10-12-14-42)36-54(63-56)45-25-31-49(32-26-45)60(4,5)6/h10-38,62-64H,1-9H3. The lowest BCUT2D eigenvalue weighted by Crippen LogP contribution is -2.10. The number of aromatic amines is 3. The van der Waals surface area contributed by atoms with Gasteiger partial charge in [-0.2, -0.15) is 0 Å². The highest BCUT2D eigenvalue weighted by Crippen LogP contribution is 2.38. The molecular formula is C61H59N3O. The summed E-state index contributed by atoms with van der Waals surface area (Å²) in [4.78, 5) is 25.9. The Labute approximate surface area is 384 Å². The van der Waals surface area contributed by atoms with Gasteiger partial charge in [-0.05, 0) is 101 Å². The molecule has 0 aliphatic rings. The Hall–Kier alpha value is -7.17. The monoisotopic (exact) mass is 849 g/mol. The number of rotatable bonds is 9. The number of hydrogen-bond acceptors (Lipinski definition) is 1. The number of aromatic nitrogens is 3. The summed E-state index contributed by atoms with van der Waals surface area (Å²) in [6.45, 7) is 20.1.